The lowest BCUT2D eigenvalue weighted by atomic mass is 10.1. The number of methoxy groups -OCH3 is 1. The van der Waals surface area contributed by atoms with E-state index in [1.165, 1.54) is 7.11 Å². The molecule has 2 rings (SSSR count). The molecule has 5 heteroatoms. The smallest absolute Gasteiger partial charge is 0.305 e. The van der Waals surface area contributed by atoms with Crippen LogP contribution < -0.4 is 4.74 Å². The zero-order valence-electron chi connectivity index (χ0n) is 15.3. The summed E-state index contributed by atoms with van der Waals surface area (Å²) >= 11 is 0. The summed E-state index contributed by atoms with van der Waals surface area (Å²) in [7, 11) is -0.163. The Morgan fingerprint density at radius 2 is 2.00 bits per heavy atom. The van der Waals surface area contributed by atoms with Gasteiger partial charge in [-0.3, -0.25) is 4.79 Å². The lowest BCUT2D eigenvalue weighted by molar-refractivity contribution is -0.140. The number of allylic oxidation sites excluding steroid dienone is 2. The second-order valence-corrected chi connectivity index (χ2v) is 12.1. The maximum atomic E-state index is 11.2. The van der Waals surface area contributed by atoms with Gasteiger partial charge in [-0.25, -0.2) is 0 Å². The van der Waals surface area contributed by atoms with Gasteiger partial charge in [0.25, 0.3) is 0 Å². The fourth-order valence-electron chi connectivity index (χ4n) is 2.84. The predicted molar refractivity (Wildman–Crippen MR) is 102 cm³/mol. The molecule has 0 heterocycles. The van der Waals surface area contributed by atoms with E-state index in [1.54, 1.807) is 0 Å². The van der Waals surface area contributed by atoms with Crippen molar-refractivity contribution in [2.24, 2.45) is 0 Å². The molecule has 25 heavy (non-hydrogen) atoms. The molecule has 1 aliphatic rings. The van der Waals surface area contributed by atoms with Crippen LogP contribution in [0.25, 0.3) is 0 Å². The summed E-state index contributed by atoms with van der Waals surface area (Å²) in [6.45, 7) is 4.79. The fraction of sp³-hybridized carbons (Fsp3) is 0.450. The Balaban J connectivity index is 1.85. The highest BCUT2D eigenvalue weighted by molar-refractivity contribution is 6.79. The van der Waals surface area contributed by atoms with Crippen LogP contribution in [0, 0.1) is 0 Å². The van der Waals surface area contributed by atoms with Crippen molar-refractivity contribution in [3.05, 3.63) is 53.6 Å². The first kappa shape index (κ1) is 19.5. The lowest BCUT2D eigenvalue weighted by Gasteiger charge is -2.31. The van der Waals surface area contributed by atoms with Crippen molar-refractivity contribution in [2.45, 2.75) is 37.9 Å². The van der Waals surface area contributed by atoms with E-state index in [2.05, 4.69) is 30.0 Å². The van der Waals surface area contributed by atoms with E-state index < -0.39 is 8.07 Å². The number of rotatable bonds is 8. The molecule has 1 unspecified atom stereocenters. The van der Waals surface area contributed by atoms with Crippen LogP contribution in [-0.4, -0.2) is 39.1 Å². The molecule has 0 spiro atoms. The third-order valence-electron chi connectivity index (χ3n) is 4.74. The number of carbonyl (C=O) groups excluding carboxylic acids is 1. The standard InChI is InChI=1S/C20H28O4Si/c1-23-20(22)13-8-16-4-9-18(10-5-16)24-15-25(2,3)19-11-6-17(14-21)7-12-19/h4-7,9-11,19,21H,8,12-15H2,1-3H3. The summed E-state index contributed by atoms with van der Waals surface area (Å²) < 4.78 is 10.7. The quantitative estimate of drug-likeness (QED) is 0.568. The van der Waals surface area contributed by atoms with Crippen molar-refractivity contribution in [3.63, 3.8) is 0 Å². The predicted octanol–water partition coefficient (Wildman–Crippen LogP) is 3.67. The van der Waals surface area contributed by atoms with E-state index in [9.17, 15) is 9.90 Å². The van der Waals surface area contributed by atoms with Crippen molar-refractivity contribution in [1.29, 1.82) is 0 Å². The van der Waals surface area contributed by atoms with E-state index in [4.69, 9.17) is 4.74 Å². The maximum absolute atomic E-state index is 11.2. The van der Waals surface area contributed by atoms with E-state index in [-0.39, 0.29) is 12.6 Å². The molecule has 0 saturated carbocycles. The molecular formula is C20H28O4Si. The molecule has 0 aromatic heterocycles. The zero-order valence-corrected chi connectivity index (χ0v) is 16.3. The largest absolute Gasteiger partial charge is 0.497 e. The molecule has 4 nitrogen and oxygen atoms in total. The highest BCUT2D eigenvalue weighted by atomic mass is 28.3. The van der Waals surface area contributed by atoms with Crippen LogP contribution in [-0.2, 0) is 16.0 Å². The van der Waals surface area contributed by atoms with Crippen LogP contribution in [0.15, 0.2) is 48.1 Å². The number of hydrogen-bond donors (Lipinski definition) is 1. The highest BCUT2D eigenvalue weighted by Gasteiger charge is 2.31. The molecule has 1 N–H and O–H groups in total. The van der Waals surface area contributed by atoms with Gasteiger partial charge in [-0.2, -0.15) is 0 Å². The summed E-state index contributed by atoms with van der Waals surface area (Å²) in [6.07, 6.45) is 9.23. The summed E-state index contributed by atoms with van der Waals surface area (Å²) in [5.41, 5.74) is 2.64. The van der Waals surface area contributed by atoms with E-state index in [1.807, 2.05) is 30.3 Å². The van der Waals surface area contributed by atoms with Gasteiger partial charge in [0.2, 0.25) is 0 Å². The second kappa shape index (κ2) is 9.01. The number of ether oxygens (including phenoxy) is 2. The average molecular weight is 361 g/mol. The van der Waals surface area contributed by atoms with Gasteiger partial charge in [0.15, 0.2) is 0 Å². The van der Waals surface area contributed by atoms with Crippen molar-refractivity contribution >= 4 is 14.0 Å². The van der Waals surface area contributed by atoms with Gasteiger partial charge in [0, 0.05) is 6.42 Å². The number of carbonyl (C=O) groups is 1. The average Bonchev–Trinajstić information content (AvgIpc) is 2.65. The van der Waals surface area contributed by atoms with Gasteiger partial charge in [-0.05, 0) is 41.7 Å². The minimum absolute atomic E-state index is 0.115. The van der Waals surface area contributed by atoms with Crippen LogP contribution in [0.1, 0.15) is 18.4 Å². The molecule has 0 bridgehead atoms. The monoisotopic (exact) mass is 360 g/mol. The topological polar surface area (TPSA) is 55.8 Å². The molecule has 1 aromatic rings. The van der Waals surface area contributed by atoms with Crippen LogP contribution in [0.5, 0.6) is 5.75 Å². The number of hydrogen-bond acceptors (Lipinski definition) is 4. The van der Waals surface area contributed by atoms with Crippen molar-refractivity contribution < 1.29 is 19.4 Å². The van der Waals surface area contributed by atoms with Gasteiger partial charge in [0.1, 0.15) is 5.75 Å². The van der Waals surface area contributed by atoms with Gasteiger partial charge in [0.05, 0.1) is 28.0 Å². The molecule has 1 aromatic carbocycles. The van der Waals surface area contributed by atoms with Crippen LogP contribution >= 0.6 is 0 Å². The molecular weight excluding hydrogens is 332 g/mol. The third kappa shape index (κ3) is 5.87. The Hall–Kier alpha value is -1.85. The van der Waals surface area contributed by atoms with Gasteiger partial charge < -0.3 is 14.6 Å². The number of benzene rings is 1. The van der Waals surface area contributed by atoms with Gasteiger partial charge >= 0.3 is 5.97 Å². The number of aryl methyl sites for hydroxylation is 1. The molecule has 0 radical (unpaired) electrons. The summed E-state index contributed by atoms with van der Waals surface area (Å²) in [4.78, 5) is 11.2. The van der Waals surface area contributed by atoms with Crippen molar-refractivity contribution in [2.75, 3.05) is 19.9 Å². The Morgan fingerprint density at radius 3 is 2.56 bits per heavy atom. The summed E-state index contributed by atoms with van der Waals surface area (Å²) in [6, 6.07) is 7.95. The molecule has 0 saturated heterocycles. The summed E-state index contributed by atoms with van der Waals surface area (Å²) in [5, 5.41) is 9.18. The Bertz CT molecular complexity index is 632. The van der Waals surface area contributed by atoms with Crippen LogP contribution in [0.4, 0.5) is 0 Å². The number of esters is 1. The minimum atomic E-state index is -1.57. The second-order valence-electron chi connectivity index (χ2n) is 7.14. The van der Waals surface area contributed by atoms with E-state index in [0.29, 0.717) is 18.4 Å². The Morgan fingerprint density at radius 1 is 1.28 bits per heavy atom. The highest BCUT2D eigenvalue weighted by Crippen LogP contribution is 2.32. The first-order valence-corrected chi connectivity index (χ1v) is 12.0. The normalized spacial score (nSPS) is 17.1. The lowest BCUT2D eigenvalue weighted by Crippen LogP contribution is -2.39. The molecule has 0 aliphatic heterocycles. The maximum Gasteiger partial charge on any atom is 0.305 e. The first-order chi connectivity index (χ1) is 11.9. The first-order valence-electron chi connectivity index (χ1n) is 8.71. The van der Waals surface area contributed by atoms with Gasteiger partial charge in [-0.15, -0.1) is 0 Å². The zero-order chi connectivity index (χ0) is 18.3. The number of aliphatic hydroxyl groups excluding tert-OH is 1. The Labute approximate surface area is 151 Å². The third-order valence-corrected chi connectivity index (χ3v) is 8.07. The SMILES string of the molecule is COC(=O)CCc1ccc(OC[Si](C)(C)C2C=CC(CO)=CC2)cc1. The van der Waals surface area contributed by atoms with Crippen LogP contribution in [0.2, 0.25) is 18.6 Å². The Kier molecular flexibility index (Phi) is 7.02. The molecule has 1 aliphatic carbocycles. The van der Waals surface area contributed by atoms with E-state index >= 15 is 0 Å². The molecule has 0 amide bonds. The molecule has 1 atom stereocenters. The minimum Gasteiger partial charge on any atom is -0.497 e. The van der Waals surface area contributed by atoms with Gasteiger partial charge in [-0.1, -0.05) is 43.5 Å². The fourth-order valence-corrected chi connectivity index (χ4v) is 4.96. The summed E-state index contributed by atoms with van der Waals surface area (Å²) in [5.74, 6) is 0.681. The molecule has 136 valence electrons. The van der Waals surface area contributed by atoms with Crippen molar-refractivity contribution in [3.8, 4) is 5.75 Å². The van der Waals surface area contributed by atoms with Crippen LogP contribution in [0.3, 0.4) is 0 Å². The molecule has 0 fully saturated rings. The van der Waals surface area contributed by atoms with Crippen molar-refractivity contribution in [1.82, 2.24) is 0 Å². The number of aliphatic hydroxyl groups is 1. The van der Waals surface area contributed by atoms with E-state index in [0.717, 1.165) is 29.5 Å².